The van der Waals surface area contributed by atoms with Crippen molar-refractivity contribution >= 4 is 17.6 Å². The Morgan fingerprint density at radius 3 is 2.36 bits per heavy atom. The average molecular weight is 308 g/mol. The van der Waals surface area contributed by atoms with Crippen LogP contribution < -0.4 is 10.6 Å². The Kier molecular flexibility index (Phi) is 7.22. The smallest absolute Gasteiger partial charge is 0.242 e. The lowest BCUT2D eigenvalue weighted by Crippen LogP contribution is -2.45. The molecule has 0 aliphatic heterocycles. The van der Waals surface area contributed by atoms with Crippen LogP contribution in [-0.4, -0.2) is 30.2 Å². The monoisotopic (exact) mass is 308 g/mol. The molecule has 0 radical (unpaired) electrons. The second-order valence-corrected chi connectivity index (χ2v) is 5.01. The minimum absolute atomic E-state index is 0.0123. The highest BCUT2D eigenvalue weighted by Crippen LogP contribution is 2.07. The van der Waals surface area contributed by atoms with Crippen LogP contribution in [0.2, 0.25) is 0 Å². The minimum Gasteiger partial charge on any atom is -0.354 e. The van der Waals surface area contributed by atoms with E-state index in [1.165, 1.54) is 24.3 Å². The summed E-state index contributed by atoms with van der Waals surface area (Å²) in [5.74, 6) is -1.27. The summed E-state index contributed by atoms with van der Waals surface area (Å²) in [5, 5.41) is 5.22. The average Bonchev–Trinajstić information content (AvgIpc) is 2.50. The van der Waals surface area contributed by atoms with E-state index in [1.54, 1.807) is 6.92 Å². The van der Waals surface area contributed by atoms with Crippen molar-refractivity contribution in [2.45, 2.75) is 39.2 Å². The zero-order valence-corrected chi connectivity index (χ0v) is 12.8. The van der Waals surface area contributed by atoms with E-state index in [4.69, 9.17) is 0 Å². The molecule has 0 bridgehead atoms. The van der Waals surface area contributed by atoms with Gasteiger partial charge in [0.1, 0.15) is 11.9 Å². The summed E-state index contributed by atoms with van der Waals surface area (Å²) in [7, 11) is 0. The molecule has 0 aliphatic rings. The van der Waals surface area contributed by atoms with Crippen molar-refractivity contribution in [1.29, 1.82) is 0 Å². The Bertz CT molecular complexity index is 529. The lowest BCUT2D eigenvalue weighted by molar-refractivity contribution is -0.128. The predicted octanol–water partition coefficient (Wildman–Crippen LogP) is 1.82. The van der Waals surface area contributed by atoms with Crippen LogP contribution in [-0.2, 0) is 9.59 Å². The number of Topliss-reactive ketones (excluding diaryl/α,β-unsaturated/α-hetero) is 1. The fraction of sp³-hybridized carbons (Fsp3) is 0.438. The van der Waals surface area contributed by atoms with Gasteiger partial charge in [-0.2, -0.15) is 0 Å². The fourth-order valence-corrected chi connectivity index (χ4v) is 1.79. The molecule has 5 nitrogen and oxygen atoms in total. The molecule has 0 saturated carbocycles. The van der Waals surface area contributed by atoms with Crippen molar-refractivity contribution < 1.29 is 18.8 Å². The molecule has 1 rings (SSSR count). The Morgan fingerprint density at radius 1 is 1.14 bits per heavy atom. The minimum atomic E-state index is -0.639. The molecule has 22 heavy (non-hydrogen) atoms. The van der Waals surface area contributed by atoms with Gasteiger partial charge in [0.25, 0.3) is 0 Å². The molecular weight excluding hydrogens is 287 g/mol. The molecule has 0 aliphatic carbocycles. The highest BCUT2D eigenvalue weighted by Gasteiger charge is 2.16. The van der Waals surface area contributed by atoms with Crippen LogP contribution in [0.1, 0.15) is 43.5 Å². The third-order valence-electron chi connectivity index (χ3n) is 3.07. The summed E-state index contributed by atoms with van der Waals surface area (Å²) in [5.41, 5.74) is 0.364. The highest BCUT2D eigenvalue weighted by molar-refractivity contribution is 5.98. The second kappa shape index (κ2) is 8.92. The third-order valence-corrected chi connectivity index (χ3v) is 3.07. The zero-order chi connectivity index (χ0) is 16.5. The van der Waals surface area contributed by atoms with Crippen LogP contribution in [0.3, 0.4) is 0 Å². The molecule has 6 heteroatoms. The largest absolute Gasteiger partial charge is 0.354 e. The van der Waals surface area contributed by atoms with Gasteiger partial charge in [0.2, 0.25) is 11.8 Å². The van der Waals surface area contributed by atoms with Crippen molar-refractivity contribution in [2.24, 2.45) is 0 Å². The molecule has 0 spiro atoms. The topological polar surface area (TPSA) is 75.3 Å². The van der Waals surface area contributed by atoms with Gasteiger partial charge in [-0.15, -0.1) is 0 Å². The SMILES string of the molecule is CCCNC(=O)[C@@H](C)NC(=O)CCC(=O)c1ccc(F)cc1. The van der Waals surface area contributed by atoms with E-state index in [0.29, 0.717) is 12.1 Å². The van der Waals surface area contributed by atoms with E-state index in [0.717, 1.165) is 6.42 Å². The number of hydrogen-bond acceptors (Lipinski definition) is 3. The van der Waals surface area contributed by atoms with Crippen molar-refractivity contribution in [3.05, 3.63) is 35.6 Å². The molecule has 0 saturated heterocycles. The molecule has 0 heterocycles. The number of benzene rings is 1. The Morgan fingerprint density at radius 2 is 1.77 bits per heavy atom. The summed E-state index contributed by atoms with van der Waals surface area (Å²) in [6, 6.07) is 4.54. The van der Waals surface area contributed by atoms with Crippen LogP contribution in [0, 0.1) is 5.82 Å². The molecule has 1 aromatic rings. The third kappa shape index (κ3) is 6.03. The van der Waals surface area contributed by atoms with E-state index in [9.17, 15) is 18.8 Å². The molecule has 1 aromatic carbocycles. The first-order valence-electron chi connectivity index (χ1n) is 7.30. The van der Waals surface area contributed by atoms with Crippen LogP contribution >= 0.6 is 0 Å². The van der Waals surface area contributed by atoms with Gasteiger partial charge in [-0.25, -0.2) is 4.39 Å². The van der Waals surface area contributed by atoms with Crippen LogP contribution in [0.5, 0.6) is 0 Å². The molecule has 0 aromatic heterocycles. The van der Waals surface area contributed by atoms with Gasteiger partial charge in [0, 0.05) is 24.9 Å². The predicted molar refractivity (Wildman–Crippen MR) is 80.9 cm³/mol. The van der Waals surface area contributed by atoms with Crippen LogP contribution in [0.4, 0.5) is 4.39 Å². The number of halogens is 1. The maximum absolute atomic E-state index is 12.8. The molecular formula is C16H21FN2O3. The van der Waals surface area contributed by atoms with Crippen LogP contribution in [0.25, 0.3) is 0 Å². The lowest BCUT2D eigenvalue weighted by atomic mass is 10.1. The first-order chi connectivity index (χ1) is 10.4. The van der Waals surface area contributed by atoms with Gasteiger partial charge in [-0.05, 0) is 37.6 Å². The first kappa shape index (κ1) is 17.8. The van der Waals surface area contributed by atoms with Gasteiger partial charge in [0.15, 0.2) is 5.78 Å². The number of ketones is 1. The Hall–Kier alpha value is -2.24. The van der Waals surface area contributed by atoms with Crippen molar-refractivity contribution in [2.75, 3.05) is 6.54 Å². The summed E-state index contributed by atoms with van der Waals surface area (Å²) in [4.78, 5) is 35.2. The summed E-state index contributed by atoms with van der Waals surface area (Å²) in [6.45, 7) is 4.08. The van der Waals surface area contributed by atoms with E-state index in [-0.39, 0.29) is 30.4 Å². The van der Waals surface area contributed by atoms with Gasteiger partial charge < -0.3 is 10.6 Å². The maximum Gasteiger partial charge on any atom is 0.242 e. The fourth-order valence-electron chi connectivity index (χ4n) is 1.79. The normalized spacial score (nSPS) is 11.6. The van der Waals surface area contributed by atoms with Crippen molar-refractivity contribution in [1.82, 2.24) is 10.6 Å². The summed E-state index contributed by atoms with van der Waals surface area (Å²) in [6.07, 6.45) is 0.820. The molecule has 1 atom stereocenters. The number of carbonyl (C=O) groups is 3. The first-order valence-corrected chi connectivity index (χ1v) is 7.30. The summed E-state index contributed by atoms with van der Waals surface area (Å²) >= 11 is 0. The van der Waals surface area contributed by atoms with Gasteiger partial charge in [-0.3, -0.25) is 14.4 Å². The number of rotatable bonds is 8. The molecule has 2 N–H and O–H groups in total. The van der Waals surface area contributed by atoms with Crippen LogP contribution in [0.15, 0.2) is 24.3 Å². The highest BCUT2D eigenvalue weighted by atomic mass is 19.1. The van der Waals surface area contributed by atoms with E-state index in [1.807, 2.05) is 6.92 Å². The van der Waals surface area contributed by atoms with E-state index in [2.05, 4.69) is 10.6 Å². The Balaban J connectivity index is 2.37. The Labute approximate surface area is 129 Å². The lowest BCUT2D eigenvalue weighted by Gasteiger charge is -2.13. The molecule has 0 fully saturated rings. The van der Waals surface area contributed by atoms with E-state index >= 15 is 0 Å². The van der Waals surface area contributed by atoms with Gasteiger partial charge in [-0.1, -0.05) is 6.92 Å². The molecule has 2 amide bonds. The number of amides is 2. The van der Waals surface area contributed by atoms with Gasteiger partial charge >= 0.3 is 0 Å². The number of carbonyl (C=O) groups excluding carboxylic acids is 3. The zero-order valence-electron chi connectivity index (χ0n) is 12.8. The standard InChI is InChI=1S/C16H21FN2O3/c1-3-10-18-16(22)11(2)19-15(21)9-8-14(20)12-4-6-13(17)7-5-12/h4-7,11H,3,8-10H2,1-2H3,(H,18,22)(H,19,21)/t11-/m1/s1. The van der Waals surface area contributed by atoms with Crippen molar-refractivity contribution in [3.63, 3.8) is 0 Å². The maximum atomic E-state index is 12.8. The van der Waals surface area contributed by atoms with Gasteiger partial charge in [0.05, 0.1) is 0 Å². The molecule has 120 valence electrons. The second-order valence-electron chi connectivity index (χ2n) is 5.01. The van der Waals surface area contributed by atoms with Crippen molar-refractivity contribution in [3.8, 4) is 0 Å². The quantitative estimate of drug-likeness (QED) is 0.719. The number of nitrogens with one attached hydrogen (secondary N) is 2. The molecule has 0 unspecified atom stereocenters. The summed E-state index contributed by atoms with van der Waals surface area (Å²) < 4.78 is 12.8. The van der Waals surface area contributed by atoms with E-state index < -0.39 is 11.9 Å². The number of hydrogen-bond donors (Lipinski definition) is 2.